The molecule has 11 heteroatoms. The van der Waals surface area contributed by atoms with Gasteiger partial charge in [0.1, 0.15) is 18.1 Å². The minimum Gasteiger partial charge on any atom is -0.455 e. The maximum Gasteiger partial charge on any atom is 0.416 e. The highest BCUT2D eigenvalue weighted by molar-refractivity contribution is 5.80. The molecule has 0 bridgehead atoms. The number of carbonyl (C=O) groups excluding carboxylic acids is 1. The Bertz CT molecular complexity index is 1250. The number of benzene rings is 2. The first kappa shape index (κ1) is 21.0. The number of hydrogen-bond donors (Lipinski definition) is 1. The molecule has 0 aliphatic heterocycles. The Kier molecular flexibility index (Phi) is 5.79. The van der Waals surface area contributed by atoms with Crippen LogP contribution in [0.2, 0.25) is 0 Å². The fraction of sp³-hybridized carbons (Fsp3) is 0.0952. The van der Waals surface area contributed by atoms with Crippen molar-refractivity contribution < 1.29 is 22.4 Å². The molecule has 0 aliphatic carbocycles. The molecule has 4 aromatic rings. The van der Waals surface area contributed by atoms with Gasteiger partial charge in [0.2, 0.25) is 5.82 Å². The third-order valence-electron chi connectivity index (χ3n) is 4.25. The van der Waals surface area contributed by atoms with Crippen molar-refractivity contribution >= 4 is 12.1 Å². The Hall–Kier alpha value is -4.28. The number of hydrogen-bond acceptors (Lipinski definition) is 6. The summed E-state index contributed by atoms with van der Waals surface area (Å²) in [6.07, 6.45) is -3.21. The fourth-order valence-electron chi connectivity index (χ4n) is 2.77. The number of carbonyl (C=O) groups is 1. The van der Waals surface area contributed by atoms with E-state index in [1.165, 1.54) is 30.5 Å². The number of tetrazole rings is 1. The van der Waals surface area contributed by atoms with E-state index in [9.17, 15) is 18.0 Å². The Morgan fingerprint density at radius 2 is 1.84 bits per heavy atom. The molecule has 0 aliphatic rings. The van der Waals surface area contributed by atoms with Gasteiger partial charge in [-0.3, -0.25) is 4.79 Å². The highest BCUT2D eigenvalue weighted by Crippen LogP contribution is 2.32. The second-order valence-corrected chi connectivity index (χ2v) is 6.58. The van der Waals surface area contributed by atoms with Crippen molar-refractivity contribution in [1.82, 2.24) is 25.6 Å². The summed E-state index contributed by atoms with van der Waals surface area (Å²) in [7, 11) is 0. The lowest BCUT2D eigenvalue weighted by Gasteiger charge is -2.07. The lowest BCUT2D eigenvalue weighted by atomic mass is 10.1. The Morgan fingerprint density at radius 3 is 2.62 bits per heavy atom. The number of aromatic nitrogens is 4. The third-order valence-corrected chi connectivity index (χ3v) is 4.25. The van der Waals surface area contributed by atoms with Gasteiger partial charge in [-0.2, -0.15) is 23.1 Å². The van der Waals surface area contributed by atoms with E-state index in [4.69, 9.17) is 4.42 Å². The van der Waals surface area contributed by atoms with Crippen LogP contribution >= 0.6 is 0 Å². The second kappa shape index (κ2) is 8.84. The summed E-state index contributed by atoms with van der Waals surface area (Å²) >= 11 is 0. The lowest BCUT2D eigenvalue weighted by molar-refractivity contribution is -0.137. The van der Waals surface area contributed by atoms with E-state index in [-0.39, 0.29) is 23.6 Å². The molecule has 8 nitrogen and oxygen atoms in total. The zero-order valence-electron chi connectivity index (χ0n) is 16.3. The molecule has 2 aromatic heterocycles. The normalized spacial score (nSPS) is 11.7. The molecule has 0 fully saturated rings. The third kappa shape index (κ3) is 5.06. The van der Waals surface area contributed by atoms with Crippen LogP contribution in [0, 0.1) is 0 Å². The number of rotatable bonds is 6. The van der Waals surface area contributed by atoms with Crippen molar-refractivity contribution in [2.24, 2.45) is 5.10 Å². The maximum absolute atomic E-state index is 12.9. The molecule has 0 spiro atoms. The number of hydrazone groups is 1. The predicted octanol–water partition coefficient (Wildman–Crippen LogP) is 3.77. The van der Waals surface area contributed by atoms with Crippen molar-refractivity contribution in [2.75, 3.05) is 0 Å². The molecule has 2 aromatic carbocycles. The van der Waals surface area contributed by atoms with Crippen molar-refractivity contribution in [3.05, 3.63) is 78.1 Å². The molecule has 0 saturated heterocycles. The largest absolute Gasteiger partial charge is 0.455 e. The minimum absolute atomic E-state index is 0.204. The van der Waals surface area contributed by atoms with Crippen LogP contribution in [-0.4, -0.2) is 32.3 Å². The molecular formula is C21H15F3N6O2. The van der Waals surface area contributed by atoms with E-state index in [1.54, 1.807) is 0 Å². The summed E-state index contributed by atoms with van der Waals surface area (Å²) in [6, 6.07) is 17.0. The van der Waals surface area contributed by atoms with Crippen molar-refractivity contribution in [3.63, 3.8) is 0 Å². The predicted molar refractivity (Wildman–Crippen MR) is 108 cm³/mol. The number of nitrogens with zero attached hydrogens (tertiary/aromatic N) is 5. The average Bonchev–Trinajstić information content (AvgIpc) is 3.44. The Labute approximate surface area is 179 Å². The highest BCUT2D eigenvalue weighted by Gasteiger charge is 2.30. The van der Waals surface area contributed by atoms with Gasteiger partial charge in [0.15, 0.2) is 0 Å². The van der Waals surface area contributed by atoms with Gasteiger partial charge in [-0.05, 0) is 29.5 Å². The zero-order chi connectivity index (χ0) is 22.6. The van der Waals surface area contributed by atoms with Crippen molar-refractivity contribution in [3.8, 4) is 22.7 Å². The molecule has 4 rings (SSSR count). The van der Waals surface area contributed by atoms with Crippen LogP contribution in [-0.2, 0) is 17.5 Å². The number of halogens is 3. The van der Waals surface area contributed by atoms with Crippen molar-refractivity contribution in [2.45, 2.75) is 12.7 Å². The zero-order valence-corrected chi connectivity index (χ0v) is 16.3. The fourth-order valence-corrected chi connectivity index (χ4v) is 2.77. The van der Waals surface area contributed by atoms with Crippen LogP contribution < -0.4 is 5.43 Å². The molecule has 0 saturated carbocycles. The van der Waals surface area contributed by atoms with Crippen LogP contribution in [0.1, 0.15) is 11.3 Å². The molecule has 1 amide bonds. The standard InChI is InChI=1S/C21H15F3N6O2/c22-21(23,24)16-8-4-7-15(11-16)18-10-9-17(32-18)12-25-26-19(31)13-30-28-20(27-29-30)14-5-2-1-3-6-14/h1-12H,13H2,(H,26,31)/b25-12-. The number of furan rings is 1. The van der Waals surface area contributed by atoms with E-state index in [0.29, 0.717) is 5.82 Å². The van der Waals surface area contributed by atoms with Crippen LogP contribution in [0.4, 0.5) is 13.2 Å². The van der Waals surface area contributed by atoms with Gasteiger partial charge >= 0.3 is 6.18 Å². The second-order valence-electron chi connectivity index (χ2n) is 6.58. The summed E-state index contributed by atoms with van der Waals surface area (Å²) in [4.78, 5) is 13.1. The number of nitrogens with one attached hydrogen (secondary N) is 1. The summed E-state index contributed by atoms with van der Waals surface area (Å²) < 4.78 is 44.1. The van der Waals surface area contributed by atoms with Crippen LogP contribution in [0.3, 0.4) is 0 Å². The SMILES string of the molecule is O=C(Cn1nnc(-c2ccccc2)n1)N/N=C\c1ccc(-c2cccc(C(F)(F)F)c2)o1. The Balaban J connectivity index is 1.35. The number of amides is 1. The van der Waals surface area contributed by atoms with Gasteiger partial charge in [0.25, 0.3) is 5.91 Å². The minimum atomic E-state index is -4.45. The average molecular weight is 440 g/mol. The maximum atomic E-state index is 12.9. The van der Waals surface area contributed by atoms with E-state index in [0.717, 1.165) is 22.5 Å². The van der Waals surface area contributed by atoms with E-state index in [2.05, 4.69) is 25.9 Å². The number of alkyl halides is 3. The molecule has 0 atom stereocenters. The molecule has 0 unspecified atom stereocenters. The van der Waals surface area contributed by atoms with Gasteiger partial charge in [-0.15, -0.1) is 10.2 Å². The van der Waals surface area contributed by atoms with Gasteiger partial charge in [-0.1, -0.05) is 42.5 Å². The Morgan fingerprint density at radius 1 is 1.06 bits per heavy atom. The first-order chi connectivity index (χ1) is 15.4. The van der Waals surface area contributed by atoms with Gasteiger partial charge < -0.3 is 4.42 Å². The van der Waals surface area contributed by atoms with E-state index in [1.807, 2.05) is 30.3 Å². The first-order valence-electron chi connectivity index (χ1n) is 9.31. The molecule has 1 N–H and O–H groups in total. The van der Waals surface area contributed by atoms with E-state index >= 15 is 0 Å². The molecule has 0 radical (unpaired) electrons. The molecule has 162 valence electrons. The van der Waals surface area contributed by atoms with Gasteiger partial charge in [0, 0.05) is 11.1 Å². The van der Waals surface area contributed by atoms with Crippen LogP contribution in [0.15, 0.2) is 76.2 Å². The molecule has 32 heavy (non-hydrogen) atoms. The summed E-state index contributed by atoms with van der Waals surface area (Å²) in [5.74, 6) is 0.384. The lowest BCUT2D eigenvalue weighted by Crippen LogP contribution is -2.24. The smallest absolute Gasteiger partial charge is 0.416 e. The van der Waals surface area contributed by atoms with Crippen LogP contribution in [0.25, 0.3) is 22.7 Å². The summed E-state index contributed by atoms with van der Waals surface area (Å²) in [5.41, 5.74) is 2.57. The van der Waals surface area contributed by atoms with E-state index < -0.39 is 17.6 Å². The van der Waals surface area contributed by atoms with Gasteiger partial charge in [-0.25, -0.2) is 5.43 Å². The monoisotopic (exact) mass is 440 g/mol. The first-order valence-corrected chi connectivity index (χ1v) is 9.31. The van der Waals surface area contributed by atoms with Gasteiger partial charge in [0.05, 0.1) is 11.8 Å². The topological polar surface area (TPSA) is 98.2 Å². The van der Waals surface area contributed by atoms with Crippen molar-refractivity contribution in [1.29, 1.82) is 0 Å². The quantitative estimate of drug-likeness (QED) is 0.364. The molecular weight excluding hydrogens is 425 g/mol. The molecule has 2 heterocycles. The van der Waals surface area contributed by atoms with Crippen LogP contribution in [0.5, 0.6) is 0 Å². The summed E-state index contributed by atoms with van der Waals surface area (Å²) in [5, 5.41) is 15.6. The summed E-state index contributed by atoms with van der Waals surface area (Å²) in [6.45, 7) is -0.204. The highest BCUT2D eigenvalue weighted by atomic mass is 19.4.